The average molecular weight is 371 g/mol. The van der Waals surface area contributed by atoms with E-state index in [-0.39, 0.29) is 11.0 Å². The molecule has 1 aliphatic heterocycles. The van der Waals surface area contributed by atoms with Crippen molar-refractivity contribution in [1.29, 1.82) is 0 Å². The normalized spacial score (nSPS) is 20.1. The Morgan fingerprint density at radius 3 is 2.42 bits per heavy atom. The van der Waals surface area contributed by atoms with E-state index in [4.69, 9.17) is 4.74 Å². The van der Waals surface area contributed by atoms with Gasteiger partial charge in [-0.05, 0) is 61.1 Å². The van der Waals surface area contributed by atoms with Crippen molar-refractivity contribution in [3.8, 4) is 0 Å². The van der Waals surface area contributed by atoms with Crippen molar-refractivity contribution in [2.75, 3.05) is 13.1 Å². The average Bonchev–Trinajstić information content (AvgIpc) is 3.33. The summed E-state index contributed by atoms with van der Waals surface area (Å²) in [5.74, 6) is -0.420. The van der Waals surface area contributed by atoms with E-state index in [9.17, 15) is 13.2 Å². The number of esters is 1. The molecule has 1 heterocycles. The van der Waals surface area contributed by atoms with E-state index in [0.29, 0.717) is 18.7 Å². The minimum absolute atomic E-state index is 0.224. The molecule has 4 rings (SSSR count). The van der Waals surface area contributed by atoms with Gasteiger partial charge < -0.3 is 4.74 Å². The molecular formula is C20H21NO4S. The Morgan fingerprint density at radius 2 is 1.69 bits per heavy atom. The van der Waals surface area contributed by atoms with Crippen LogP contribution in [0.5, 0.6) is 0 Å². The highest BCUT2D eigenvalue weighted by atomic mass is 32.2. The third kappa shape index (κ3) is 3.15. The van der Waals surface area contributed by atoms with Crippen molar-refractivity contribution in [1.82, 2.24) is 4.31 Å². The lowest BCUT2D eigenvalue weighted by Gasteiger charge is -2.16. The predicted molar refractivity (Wildman–Crippen MR) is 97.4 cm³/mol. The SMILES string of the molecule is O=C(O[C@H]1CCc2ccccc21)c1ccc(S(=O)(=O)N2CCCC2)cc1. The van der Waals surface area contributed by atoms with Gasteiger partial charge in [-0.25, -0.2) is 13.2 Å². The Kier molecular flexibility index (Phi) is 4.54. The molecule has 0 aromatic heterocycles. The predicted octanol–water partition coefficient (Wildman–Crippen LogP) is 3.32. The summed E-state index contributed by atoms with van der Waals surface area (Å²) in [7, 11) is -3.46. The molecule has 2 aliphatic rings. The van der Waals surface area contributed by atoms with E-state index < -0.39 is 16.0 Å². The number of rotatable bonds is 4. The third-order valence-electron chi connectivity index (χ3n) is 5.12. The molecule has 6 heteroatoms. The zero-order chi connectivity index (χ0) is 18.1. The summed E-state index contributed by atoms with van der Waals surface area (Å²) in [6.07, 6.45) is 3.25. The van der Waals surface area contributed by atoms with Crippen molar-refractivity contribution in [2.24, 2.45) is 0 Å². The summed E-state index contributed by atoms with van der Waals surface area (Å²) < 4.78 is 32.2. The van der Waals surface area contributed by atoms with Gasteiger partial charge in [-0.3, -0.25) is 0 Å². The molecule has 0 spiro atoms. The van der Waals surface area contributed by atoms with Gasteiger partial charge in [0.15, 0.2) is 0 Å². The maximum Gasteiger partial charge on any atom is 0.338 e. The lowest BCUT2D eigenvalue weighted by molar-refractivity contribution is 0.0301. The highest BCUT2D eigenvalue weighted by Crippen LogP contribution is 2.34. The van der Waals surface area contributed by atoms with Crippen LogP contribution < -0.4 is 0 Å². The molecule has 2 aromatic rings. The van der Waals surface area contributed by atoms with E-state index in [0.717, 1.165) is 31.2 Å². The van der Waals surface area contributed by atoms with Gasteiger partial charge in [-0.2, -0.15) is 4.31 Å². The van der Waals surface area contributed by atoms with Crippen molar-refractivity contribution < 1.29 is 17.9 Å². The minimum atomic E-state index is -3.46. The van der Waals surface area contributed by atoms with Crippen LogP contribution in [-0.2, 0) is 21.2 Å². The van der Waals surface area contributed by atoms with Gasteiger partial charge in [0, 0.05) is 13.1 Å². The van der Waals surface area contributed by atoms with Gasteiger partial charge in [-0.1, -0.05) is 24.3 Å². The third-order valence-corrected chi connectivity index (χ3v) is 7.03. The maximum absolute atomic E-state index is 12.5. The second kappa shape index (κ2) is 6.85. The van der Waals surface area contributed by atoms with Crippen LogP contribution in [0, 0.1) is 0 Å². The van der Waals surface area contributed by atoms with Crippen molar-refractivity contribution in [3.05, 3.63) is 65.2 Å². The lowest BCUT2D eigenvalue weighted by Crippen LogP contribution is -2.27. The number of nitrogens with zero attached hydrogens (tertiary/aromatic N) is 1. The summed E-state index contributed by atoms with van der Waals surface area (Å²) in [5.41, 5.74) is 2.65. The fourth-order valence-electron chi connectivity index (χ4n) is 3.68. The zero-order valence-electron chi connectivity index (χ0n) is 14.4. The number of hydrogen-bond donors (Lipinski definition) is 0. The quantitative estimate of drug-likeness (QED) is 0.774. The Morgan fingerprint density at radius 1 is 1.00 bits per heavy atom. The van der Waals surface area contributed by atoms with E-state index in [2.05, 4.69) is 6.07 Å². The Hall–Kier alpha value is -2.18. The van der Waals surface area contributed by atoms with Crippen molar-refractivity contribution >= 4 is 16.0 Å². The second-order valence-electron chi connectivity index (χ2n) is 6.77. The molecule has 0 unspecified atom stereocenters. The first kappa shape index (κ1) is 17.2. The molecule has 0 amide bonds. The number of ether oxygens (including phenoxy) is 1. The molecule has 2 aromatic carbocycles. The summed E-state index contributed by atoms with van der Waals surface area (Å²) in [4.78, 5) is 12.7. The first-order valence-corrected chi connectivity index (χ1v) is 10.4. The molecule has 0 saturated carbocycles. The minimum Gasteiger partial charge on any atom is -0.454 e. The Balaban J connectivity index is 1.48. The van der Waals surface area contributed by atoms with Gasteiger partial charge in [0.1, 0.15) is 6.10 Å². The number of carbonyl (C=O) groups excluding carboxylic acids is 1. The summed E-state index contributed by atoms with van der Waals surface area (Å²) >= 11 is 0. The molecule has 136 valence electrons. The molecule has 0 N–H and O–H groups in total. The molecule has 0 bridgehead atoms. The highest BCUT2D eigenvalue weighted by Gasteiger charge is 2.28. The molecule has 5 nitrogen and oxygen atoms in total. The summed E-state index contributed by atoms with van der Waals surface area (Å²) in [6.45, 7) is 1.13. The van der Waals surface area contributed by atoms with E-state index in [1.165, 1.54) is 34.1 Å². The molecule has 1 atom stereocenters. The van der Waals surface area contributed by atoms with Crippen LogP contribution in [0.3, 0.4) is 0 Å². The van der Waals surface area contributed by atoms with Gasteiger partial charge in [-0.15, -0.1) is 0 Å². The topological polar surface area (TPSA) is 63.7 Å². The lowest BCUT2D eigenvalue weighted by atomic mass is 10.1. The van der Waals surface area contributed by atoms with Crippen LogP contribution in [0.25, 0.3) is 0 Å². The highest BCUT2D eigenvalue weighted by molar-refractivity contribution is 7.89. The number of sulfonamides is 1. The fourth-order valence-corrected chi connectivity index (χ4v) is 5.20. The van der Waals surface area contributed by atoms with Crippen LogP contribution in [0.2, 0.25) is 0 Å². The van der Waals surface area contributed by atoms with Crippen LogP contribution in [-0.4, -0.2) is 31.8 Å². The molecule has 0 radical (unpaired) electrons. The monoisotopic (exact) mass is 371 g/mol. The summed E-state index contributed by atoms with van der Waals surface area (Å²) in [5, 5.41) is 0. The standard InChI is InChI=1S/C20H21NO4S/c22-20(25-19-12-9-15-5-1-2-6-18(15)19)16-7-10-17(11-8-16)26(23,24)21-13-3-4-14-21/h1-2,5-8,10-11,19H,3-4,9,12-14H2/t19-/m0/s1. The molecule has 1 aliphatic carbocycles. The first-order chi connectivity index (χ1) is 12.6. The Labute approximate surface area is 153 Å². The zero-order valence-corrected chi connectivity index (χ0v) is 15.2. The maximum atomic E-state index is 12.5. The molecule has 1 saturated heterocycles. The second-order valence-corrected chi connectivity index (χ2v) is 8.70. The number of benzene rings is 2. The van der Waals surface area contributed by atoms with E-state index in [1.54, 1.807) is 0 Å². The first-order valence-electron chi connectivity index (χ1n) is 8.95. The van der Waals surface area contributed by atoms with Crippen LogP contribution >= 0.6 is 0 Å². The van der Waals surface area contributed by atoms with Crippen LogP contribution in [0.4, 0.5) is 0 Å². The van der Waals surface area contributed by atoms with Gasteiger partial charge >= 0.3 is 5.97 Å². The number of hydrogen-bond acceptors (Lipinski definition) is 4. The van der Waals surface area contributed by atoms with Gasteiger partial charge in [0.2, 0.25) is 10.0 Å². The number of carbonyl (C=O) groups is 1. The largest absolute Gasteiger partial charge is 0.454 e. The molecular weight excluding hydrogens is 350 g/mol. The number of aryl methyl sites for hydroxylation is 1. The van der Waals surface area contributed by atoms with Crippen LogP contribution in [0.15, 0.2) is 53.4 Å². The van der Waals surface area contributed by atoms with Crippen molar-refractivity contribution in [2.45, 2.75) is 36.7 Å². The van der Waals surface area contributed by atoms with E-state index in [1.807, 2.05) is 18.2 Å². The smallest absolute Gasteiger partial charge is 0.338 e. The Bertz CT molecular complexity index is 915. The molecule has 1 fully saturated rings. The number of fused-ring (bicyclic) bond motifs is 1. The summed E-state index contributed by atoms with van der Waals surface area (Å²) in [6, 6.07) is 14.0. The van der Waals surface area contributed by atoms with Crippen molar-refractivity contribution in [3.63, 3.8) is 0 Å². The van der Waals surface area contributed by atoms with Gasteiger partial charge in [0.05, 0.1) is 10.5 Å². The molecule has 26 heavy (non-hydrogen) atoms. The van der Waals surface area contributed by atoms with Crippen LogP contribution in [0.1, 0.15) is 46.9 Å². The van der Waals surface area contributed by atoms with E-state index >= 15 is 0 Å². The van der Waals surface area contributed by atoms with Gasteiger partial charge in [0.25, 0.3) is 0 Å². The fraction of sp³-hybridized carbons (Fsp3) is 0.350.